The van der Waals surface area contributed by atoms with Gasteiger partial charge in [-0.1, -0.05) is 12.1 Å². The van der Waals surface area contributed by atoms with E-state index in [-0.39, 0.29) is 23.0 Å². The largest absolute Gasteiger partial charge is 0.484 e. The van der Waals surface area contributed by atoms with Crippen molar-refractivity contribution in [3.05, 3.63) is 35.2 Å². The van der Waals surface area contributed by atoms with Crippen LogP contribution >= 0.6 is 0 Å². The lowest BCUT2D eigenvalue weighted by Gasteiger charge is -2.34. The number of carbonyl (C=O) groups excluding carboxylic acids is 1. The number of hydrogen-bond acceptors (Lipinski definition) is 9. The first-order valence-electron chi connectivity index (χ1n) is 9.59. The highest BCUT2D eigenvalue weighted by molar-refractivity contribution is 7.90. The summed E-state index contributed by atoms with van der Waals surface area (Å²) in [5, 5.41) is 3.72. The van der Waals surface area contributed by atoms with Gasteiger partial charge in [-0.3, -0.25) is 9.78 Å². The number of aromatic nitrogens is 3. The molecule has 0 saturated carbocycles. The molecule has 3 heterocycles. The van der Waals surface area contributed by atoms with Gasteiger partial charge in [-0.15, -0.1) is 0 Å². The molecular weight excluding hydrogens is 474 g/mol. The first-order chi connectivity index (χ1) is 15.1. The van der Waals surface area contributed by atoms with E-state index in [2.05, 4.69) is 15.1 Å². The van der Waals surface area contributed by atoms with E-state index < -0.39 is 70.6 Å². The second-order valence-electron chi connectivity index (χ2n) is 8.30. The number of alkyl halides is 4. The smallest absolute Gasteiger partial charge is 0.422 e. The van der Waals surface area contributed by atoms with Gasteiger partial charge in [-0.2, -0.15) is 18.2 Å². The van der Waals surface area contributed by atoms with Gasteiger partial charge in [-0.25, -0.2) is 12.8 Å². The summed E-state index contributed by atoms with van der Waals surface area (Å²) in [6.07, 6.45) is -3.27. The molecule has 0 aliphatic carbocycles. The van der Waals surface area contributed by atoms with Gasteiger partial charge < -0.3 is 14.0 Å². The Morgan fingerprint density at radius 1 is 1.30 bits per heavy atom. The fourth-order valence-corrected chi connectivity index (χ4v) is 4.79. The summed E-state index contributed by atoms with van der Waals surface area (Å²) in [7, 11) is -3.61. The zero-order valence-electron chi connectivity index (χ0n) is 17.9. The highest BCUT2D eigenvalue weighted by Gasteiger charge is 2.44. The molecule has 1 saturated heterocycles. The van der Waals surface area contributed by atoms with Crippen LogP contribution in [0, 0.1) is 6.92 Å². The van der Waals surface area contributed by atoms with Gasteiger partial charge in [-0.05, 0) is 0 Å². The Hall–Kier alpha value is -2.61. The second-order valence-corrected chi connectivity index (χ2v) is 10.4. The molecule has 14 heteroatoms. The molecule has 182 valence electrons. The molecule has 1 aliphatic heterocycles. The molecule has 0 bridgehead atoms. The lowest BCUT2D eigenvalue weighted by atomic mass is 9.85. The summed E-state index contributed by atoms with van der Waals surface area (Å²) in [5.41, 5.74) is -4.12. The first kappa shape index (κ1) is 25.0. The number of carbonyl (C=O) groups is 1. The summed E-state index contributed by atoms with van der Waals surface area (Å²) < 4.78 is 91.3. The monoisotopic (exact) mass is 495 g/mol. The quantitative estimate of drug-likeness (QED) is 0.381. The Morgan fingerprint density at radius 2 is 1.97 bits per heavy atom. The van der Waals surface area contributed by atoms with E-state index in [4.69, 9.17) is 14.0 Å². The van der Waals surface area contributed by atoms with Gasteiger partial charge in [0.25, 0.3) is 0 Å². The molecule has 2 aromatic rings. The van der Waals surface area contributed by atoms with Crippen molar-refractivity contribution >= 4 is 15.6 Å². The van der Waals surface area contributed by atoms with Crippen molar-refractivity contribution < 1.29 is 44.8 Å². The van der Waals surface area contributed by atoms with Gasteiger partial charge in [0.15, 0.2) is 23.9 Å². The predicted molar refractivity (Wildman–Crippen MR) is 104 cm³/mol. The lowest BCUT2D eigenvalue weighted by molar-refractivity contribution is -0.156. The van der Waals surface area contributed by atoms with Gasteiger partial charge in [0.2, 0.25) is 5.89 Å². The molecule has 0 spiro atoms. The van der Waals surface area contributed by atoms with Crippen molar-refractivity contribution in [3.8, 4) is 5.75 Å². The van der Waals surface area contributed by atoms with E-state index in [1.807, 2.05) is 0 Å². The topological polar surface area (TPSA) is 121 Å². The van der Waals surface area contributed by atoms with Crippen LogP contribution in [-0.2, 0) is 25.7 Å². The molecule has 9 nitrogen and oxygen atoms in total. The predicted octanol–water partition coefficient (Wildman–Crippen LogP) is 2.48. The third-order valence-electron chi connectivity index (χ3n) is 4.89. The van der Waals surface area contributed by atoms with Gasteiger partial charge in [0.05, 0.1) is 29.9 Å². The molecular formula is C19H21F4N3O6S. The van der Waals surface area contributed by atoms with E-state index >= 15 is 0 Å². The second kappa shape index (κ2) is 8.63. The molecule has 0 radical (unpaired) electrons. The number of nitrogens with zero attached hydrogens (tertiary/aromatic N) is 3. The summed E-state index contributed by atoms with van der Waals surface area (Å²) >= 11 is 0. The molecule has 1 atom stereocenters. The maximum atomic E-state index is 14.8. The van der Waals surface area contributed by atoms with Crippen LogP contribution in [0.2, 0.25) is 0 Å². The lowest BCUT2D eigenvalue weighted by Crippen LogP contribution is -2.43. The first-order valence-corrected chi connectivity index (χ1v) is 11.6. The SMILES string of the molecule is Cc1nc(C(C)(CC(=O)c2cc(OCC(F)(F)F)c(C3(F)COC3)cn2)CS(C)(=O)=O)no1. The molecule has 1 aliphatic rings. The number of ketones is 1. The molecule has 3 rings (SSSR count). The van der Waals surface area contributed by atoms with Gasteiger partial charge in [0, 0.05) is 31.9 Å². The number of hydrogen-bond donors (Lipinski definition) is 0. The number of pyridine rings is 1. The van der Waals surface area contributed by atoms with Crippen molar-refractivity contribution in [2.24, 2.45) is 0 Å². The molecule has 1 fully saturated rings. The number of sulfone groups is 1. The average molecular weight is 495 g/mol. The highest BCUT2D eigenvalue weighted by atomic mass is 32.2. The van der Waals surface area contributed by atoms with E-state index in [9.17, 15) is 30.8 Å². The van der Waals surface area contributed by atoms with Crippen molar-refractivity contribution in [1.29, 1.82) is 0 Å². The Labute approximate surface area is 186 Å². The fourth-order valence-electron chi connectivity index (χ4n) is 3.40. The van der Waals surface area contributed by atoms with Crippen LogP contribution < -0.4 is 4.74 Å². The number of rotatable bonds is 9. The summed E-state index contributed by atoms with van der Waals surface area (Å²) in [6.45, 7) is 0.430. The minimum absolute atomic E-state index is 0.0294. The third kappa shape index (κ3) is 6.05. The molecule has 0 aromatic carbocycles. The zero-order chi connectivity index (χ0) is 24.7. The Balaban J connectivity index is 1.94. The molecule has 0 N–H and O–H groups in total. The standard InChI is InChI=1S/C19H21F4N3O6S/c1-11-25-16(26-32-11)17(2,10-33(3,28)29)5-14(27)13-4-15(31-9-19(21,22)23)12(6-24-13)18(20)7-30-8-18/h4,6H,5,7-10H2,1-3H3. The van der Waals surface area contributed by atoms with E-state index in [1.54, 1.807) is 0 Å². The zero-order valence-corrected chi connectivity index (χ0v) is 18.7. The number of halogens is 4. The number of Topliss-reactive ketones (excluding diaryl/α,β-unsaturated/α-hetero) is 1. The van der Waals surface area contributed by atoms with Crippen LogP contribution in [0.15, 0.2) is 16.8 Å². The summed E-state index contributed by atoms with van der Waals surface area (Å²) in [6, 6.07) is 0.908. The Kier molecular flexibility index (Phi) is 6.54. The Morgan fingerprint density at radius 3 is 2.45 bits per heavy atom. The van der Waals surface area contributed by atoms with Crippen LogP contribution in [0.4, 0.5) is 17.6 Å². The van der Waals surface area contributed by atoms with Crippen LogP contribution in [0.1, 0.15) is 41.1 Å². The average Bonchev–Trinajstić information content (AvgIpc) is 3.09. The molecule has 0 amide bonds. The maximum absolute atomic E-state index is 14.8. The molecule has 33 heavy (non-hydrogen) atoms. The summed E-state index contributed by atoms with van der Waals surface area (Å²) in [4.78, 5) is 20.9. The van der Waals surface area contributed by atoms with E-state index in [1.165, 1.54) is 13.8 Å². The fraction of sp³-hybridized carbons (Fsp3) is 0.579. The van der Waals surface area contributed by atoms with Crippen molar-refractivity contribution in [2.75, 3.05) is 31.8 Å². The van der Waals surface area contributed by atoms with Gasteiger partial charge >= 0.3 is 6.18 Å². The van der Waals surface area contributed by atoms with Crippen LogP contribution in [0.3, 0.4) is 0 Å². The normalized spacial score (nSPS) is 17.8. The van der Waals surface area contributed by atoms with Crippen molar-refractivity contribution in [2.45, 2.75) is 37.5 Å². The Bertz CT molecular complexity index is 1150. The number of aryl methyl sites for hydroxylation is 1. The van der Waals surface area contributed by atoms with Gasteiger partial charge in [0.1, 0.15) is 21.3 Å². The van der Waals surface area contributed by atoms with Crippen LogP contribution in [0.5, 0.6) is 5.75 Å². The number of ether oxygens (including phenoxy) is 2. The van der Waals surface area contributed by atoms with Crippen LogP contribution in [0.25, 0.3) is 0 Å². The minimum atomic E-state index is -4.70. The van der Waals surface area contributed by atoms with Crippen LogP contribution in [-0.4, -0.2) is 67.3 Å². The minimum Gasteiger partial charge on any atom is -0.484 e. The molecule has 2 aromatic heterocycles. The van der Waals surface area contributed by atoms with Crippen molar-refractivity contribution in [3.63, 3.8) is 0 Å². The van der Waals surface area contributed by atoms with E-state index in [0.29, 0.717) is 0 Å². The third-order valence-corrected chi connectivity index (χ3v) is 6.05. The molecule has 1 unspecified atom stereocenters. The van der Waals surface area contributed by atoms with E-state index in [0.717, 1.165) is 18.5 Å². The maximum Gasteiger partial charge on any atom is 0.422 e. The summed E-state index contributed by atoms with van der Waals surface area (Å²) in [5.74, 6) is -1.62. The van der Waals surface area contributed by atoms with Crippen molar-refractivity contribution in [1.82, 2.24) is 15.1 Å². The highest BCUT2D eigenvalue weighted by Crippen LogP contribution is 2.40.